The summed E-state index contributed by atoms with van der Waals surface area (Å²) in [5.74, 6) is 0.163. The van der Waals surface area contributed by atoms with Crippen LogP contribution < -0.4 is 5.32 Å². The number of aromatic nitrogens is 2. The third-order valence-corrected chi connectivity index (χ3v) is 6.31. The number of thiophene rings is 1. The maximum Gasteiger partial charge on any atom is 0.264 e. The topological polar surface area (TPSA) is 76.5 Å². The number of hydrogen-bond donors (Lipinski definition) is 1. The molecule has 0 spiro atoms. The van der Waals surface area contributed by atoms with E-state index in [-0.39, 0.29) is 23.8 Å². The van der Waals surface area contributed by atoms with Crippen LogP contribution >= 0.6 is 11.3 Å². The Morgan fingerprint density at radius 1 is 1.18 bits per heavy atom. The molecule has 0 fully saturated rings. The molecule has 3 rings (SSSR count). The van der Waals surface area contributed by atoms with Gasteiger partial charge in [-0.2, -0.15) is 5.10 Å². The van der Waals surface area contributed by atoms with E-state index in [1.54, 1.807) is 22.8 Å². The highest BCUT2D eigenvalue weighted by Crippen LogP contribution is 2.28. The third kappa shape index (κ3) is 6.33. The lowest BCUT2D eigenvalue weighted by molar-refractivity contribution is -0.117. The fourth-order valence-electron chi connectivity index (χ4n) is 3.63. The lowest BCUT2D eigenvalue weighted by atomic mass is 9.92. The largest absolute Gasteiger partial charge is 0.385 e. The van der Waals surface area contributed by atoms with Crippen LogP contribution in [0.3, 0.4) is 0 Å². The minimum Gasteiger partial charge on any atom is -0.385 e. The van der Waals surface area contributed by atoms with Crippen LogP contribution in [0, 0.1) is 13.8 Å². The van der Waals surface area contributed by atoms with E-state index < -0.39 is 0 Å². The molecule has 0 aliphatic carbocycles. The summed E-state index contributed by atoms with van der Waals surface area (Å²) < 4.78 is 6.92. The van der Waals surface area contributed by atoms with E-state index in [0.29, 0.717) is 30.3 Å². The smallest absolute Gasteiger partial charge is 0.264 e. The zero-order valence-corrected chi connectivity index (χ0v) is 21.7. The highest BCUT2D eigenvalue weighted by molar-refractivity contribution is 7.12. The van der Waals surface area contributed by atoms with E-state index in [4.69, 9.17) is 9.84 Å². The Morgan fingerprint density at radius 2 is 1.94 bits per heavy atom. The fraction of sp³-hybridized carbons (Fsp3) is 0.423. The molecule has 7 nitrogen and oxygen atoms in total. The van der Waals surface area contributed by atoms with Gasteiger partial charge >= 0.3 is 0 Å². The Morgan fingerprint density at radius 3 is 2.56 bits per heavy atom. The summed E-state index contributed by atoms with van der Waals surface area (Å²) in [5, 5.41) is 9.68. The van der Waals surface area contributed by atoms with Gasteiger partial charge in [0, 0.05) is 31.7 Å². The van der Waals surface area contributed by atoms with E-state index in [1.165, 1.54) is 11.3 Å². The van der Waals surface area contributed by atoms with Gasteiger partial charge in [0.1, 0.15) is 12.4 Å². The van der Waals surface area contributed by atoms with Crippen LogP contribution in [-0.2, 0) is 14.9 Å². The molecule has 2 aromatic heterocycles. The molecule has 0 aliphatic heterocycles. The number of methoxy groups -OCH3 is 1. The first-order chi connectivity index (χ1) is 16.1. The number of rotatable bonds is 9. The molecule has 0 bridgehead atoms. The molecule has 3 aromatic rings. The molecule has 8 heteroatoms. The normalized spacial score (nSPS) is 11.5. The van der Waals surface area contributed by atoms with Gasteiger partial charge in [-0.05, 0) is 43.3 Å². The van der Waals surface area contributed by atoms with Crippen molar-refractivity contribution in [2.24, 2.45) is 0 Å². The van der Waals surface area contributed by atoms with Crippen LogP contribution in [0.5, 0.6) is 0 Å². The van der Waals surface area contributed by atoms with Crippen molar-refractivity contribution in [2.75, 3.05) is 32.1 Å². The van der Waals surface area contributed by atoms with E-state index in [2.05, 4.69) is 32.2 Å². The average molecular weight is 483 g/mol. The van der Waals surface area contributed by atoms with Gasteiger partial charge in [0.15, 0.2) is 0 Å². The monoisotopic (exact) mass is 482 g/mol. The highest BCUT2D eigenvalue weighted by atomic mass is 32.1. The Balaban J connectivity index is 1.86. The quantitative estimate of drug-likeness (QED) is 0.437. The molecule has 0 saturated heterocycles. The third-order valence-electron chi connectivity index (χ3n) is 5.46. The molecule has 2 heterocycles. The number of ether oxygens (including phenoxy) is 1. The SMILES string of the molecule is COCCCN(CC(=O)Nc1cc(C(C)(C)C)nn1-c1ccc(C)cc1C)C(=O)c1cccs1. The van der Waals surface area contributed by atoms with Gasteiger partial charge in [-0.15, -0.1) is 11.3 Å². The second-order valence-electron chi connectivity index (χ2n) is 9.47. The number of nitrogens with zero attached hydrogens (tertiary/aromatic N) is 3. The van der Waals surface area contributed by atoms with Crippen molar-refractivity contribution < 1.29 is 14.3 Å². The van der Waals surface area contributed by atoms with Crippen LogP contribution in [0.15, 0.2) is 41.8 Å². The molecule has 0 atom stereocenters. The number of carbonyl (C=O) groups is 2. The van der Waals surface area contributed by atoms with Gasteiger partial charge in [0.2, 0.25) is 5.91 Å². The number of hydrogen-bond acceptors (Lipinski definition) is 5. The molecule has 1 N–H and O–H groups in total. The van der Waals surface area contributed by atoms with Crippen LogP contribution in [0.25, 0.3) is 5.69 Å². The number of aryl methyl sites for hydroxylation is 2. The summed E-state index contributed by atoms with van der Waals surface area (Å²) in [4.78, 5) is 28.3. The van der Waals surface area contributed by atoms with Gasteiger partial charge in [-0.1, -0.05) is 44.5 Å². The maximum absolute atomic E-state index is 13.1. The summed E-state index contributed by atoms with van der Waals surface area (Å²) in [6.07, 6.45) is 0.648. The number of benzene rings is 1. The second kappa shape index (κ2) is 11.0. The molecule has 0 unspecified atom stereocenters. The first-order valence-corrected chi connectivity index (χ1v) is 12.3. The Labute approximate surface area is 205 Å². The lowest BCUT2D eigenvalue weighted by Crippen LogP contribution is -2.39. The standard InChI is InChI=1S/C26H34N4O3S/c1-18-10-11-20(19(2)15-18)30-23(16-22(28-30)26(3,4)5)27-24(31)17-29(12-8-13-33-6)25(32)21-9-7-14-34-21/h7,9-11,14-16H,8,12-13,17H2,1-6H3,(H,27,31). The first-order valence-electron chi connectivity index (χ1n) is 11.4. The van der Waals surface area contributed by atoms with E-state index in [9.17, 15) is 9.59 Å². The van der Waals surface area contributed by atoms with Crippen molar-refractivity contribution in [3.63, 3.8) is 0 Å². The van der Waals surface area contributed by atoms with Gasteiger partial charge < -0.3 is 15.0 Å². The summed E-state index contributed by atoms with van der Waals surface area (Å²) in [6, 6.07) is 11.7. The van der Waals surface area contributed by atoms with Crippen LogP contribution in [0.1, 0.15) is 53.7 Å². The van der Waals surface area contributed by atoms with Crippen LogP contribution in [-0.4, -0.2) is 53.3 Å². The maximum atomic E-state index is 13.1. The van der Waals surface area contributed by atoms with Crippen molar-refractivity contribution in [1.29, 1.82) is 0 Å². The fourth-order valence-corrected chi connectivity index (χ4v) is 4.32. The lowest BCUT2D eigenvalue weighted by Gasteiger charge is -2.21. The number of carbonyl (C=O) groups excluding carboxylic acids is 2. The average Bonchev–Trinajstić information content (AvgIpc) is 3.43. The van der Waals surface area contributed by atoms with Gasteiger partial charge in [0.25, 0.3) is 5.91 Å². The second-order valence-corrected chi connectivity index (χ2v) is 10.4. The number of amides is 2. The Bertz CT molecular complexity index is 1130. The minimum absolute atomic E-state index is 0.0522. The summed E-state index contributed by atoms with van der Waals surface area (Å²) >= 11 is 1.37. The number of anilines is 1. The molecule has 34 heavy (non-hydrogen) atoms. The Hall–Kier alpha value is -2.97. The van der Waals surface area contributed by atoms with Gasteiger partial charge in [-0.3, -0.25) is 9.59 Å². The number of nitrogens with one attached hydrogen (secondary N) is 1. The molecular weight excluding hydrogens is 448 g/mol. The van der Waals surface area contributed by atoms with Crippen molar-refractivity contribution >= 4 is 29.0 Å². The van der Waals surface area contributed by atoms with Crippen molar-refractivity contribution in [3.05, 3.63) is 63.5 Å². The minimum atomic E-state index is -0.270. The molecule has 0 radical (unpaired) electrons. The predicted molar refractivity (Wildman–Crippen MR) is 137 cm³/mol. The zero-order chi connectivity index (χ0) is 24.9. The summed E-state index contributed by atoms with van der Waals surface area (Å²) in [5.41, 5.74) is 3.81. The zero-order valence-electron chi connectivity index (χ0n) is 20.8. The molecular formula is C26H34N4O3S. The molecule has 182 valence electrons. The van der Waals surface area contributed by atoms with Crippen molar-refractivity contribution in [3.8, 4) is 5.69 Å². The molecule has 0 saturated carbocycles. The Kier molecular flexibility index (Phi) is 8.28. The van der Waals surface area contributed by atoms with E-state index in [1.807, 2.05) is 43.5 Å². The van der Waals surface area contributed by atoms with Gasteiger partial charge in [-0.25, -0.2) is 4.68 Å². The van der Waals surface area contributed by atoms with E-state index >= 15 is 0 Å². The van der Waals surface area contributed by atoms with Crippen molar-refractivity contribution in [2.45, 2.75) is 46.5 Å². The van der Waals surface area contributed by atoms with E-state index in [0.717, 1.165) is 22.5 Å². The first kappa shape index (κ1) is 25.6. The van der Waals surface area contributed by atoms with Gasteiger partial charge in [0.05, 0.1) is 16.3 Å². The van der Waals surface area contributed by atoms with Crippen LogP contribution in [0.2, 0.25) is 0 Å². The summed E-state index contributed by atoms with van der Waals surface area (Å²) in [6.45, 7) is 11.2. The predicted octanol–water partition coefficient (Wildman–Crippen LogP) is 4.97. The van der Waals surface area contributed by atoms with Crippen molar-refractivity contribution in [1.82, 2.24) is 14.7 Å². The molecule has 2 amide bonds. The highest BCUT2D eigenvalue weighted by Gasteiger charge is 2.24. The summed E-state index contributed by atoms with van der Waals surface area (Å²) in [7, 11) is 1.62. The van der Waals surface area contributed by atoms with Crippen LogP contribution in [0.4, 0.5) is 5.82 Å². The molecule has 0 aliphatic rings. The molecule has 1 aromatic carbocycles.